The molecule has 0 saturated carbocycles. The lowest BCUT2D eigenvalue weighted by molar-refractivity contribution is -0.119. The van der Waals surface area contributed by atoms with Crippen LogP contribution in [0.25, 0.3) is 0 Å². The highest BCUT2D eigenvalue weighted by molar-refractivity contribution is 5.96. The summed E-state index contributed by atoms with van der Waals surface area (Å²) in [6.07, 6.45) is 2.47. The molecule has 74 valence electrons. The van der Waals surface area contributed by atoms with E-state index in [1.165, 1.54) is 0 Å². The van der Waals surface area contributed by atoms with Gasteiger partial charge in [0.1, 0.15) is 0 Å². The number of carbonyl (C=O) groups excluding carboxylic acids is 1. The van der Waals surface area contributed by atoms with Crippen LogP contribution in [0, 0.1) is 0 Å². The Morgan fingerprint density at radius 3 is 2.69 bits per heavy atom. The number of rotatable bonds is 3. The van der Waals surface area contributed by atoms with Gasteiger partial charge in [-0.05, 0) is 13.8 Å². The van der Waals surface area contributed by atoms with E-state index in [4.69, 9.17) is 4.74 Å². The van der Waals surface area contributed by atoms with Crippen LogP contribution in [0.4, 0.5) is 0 Å². The lowest BCUT2D eigenvalue weighted by atomic mass is 10.1. The zero-order valence-electron chi connectivity index (χ0n) is 8.38. The minimum absolute atomic E-state index is 0.234. The summed E-state index contributed by atoms with van der Waals surface area (Å²) >= 11 is 0. The molecule has 0 spiro atoms. The van der Waals surface area contributed by atoms with E-state index in [2.05, 4.69) is 18.7 Å². The maximum absolute atomic E-state index is 11.4. The highest BCUT2D eigenvalue weighted by Crippen LogP contribution is 2.09. The first-order valence-corrected chi connectivity index (χ1v) is 4.83. The van der Waals surface area contributed by atoms with Crippen LogP contribution in [-0.2, 0) is 9.53 Å². The molecule has 0 atom stereocenters. The maximum Gasteiger partial charge on any atom is 0.164 e. The summed E-state index contributed by atoms with van der Waals surface area (Å²) in [4.78, 5) is 13.5. The topological polar surface area (TPSA) is 29.5 Å². The largest absolute Gasteiger partial charge is 0.378 e. The molecule has 13 heavy (non-hydrogen) atoms. The standard InChI is InChI=1S/C10H17NO2/c1-3-11(4-2)7-9-8-13-6-5-10(9)12/h7H,3-6,8H2,1-2H3/b9-7+. The predicted molar refractivity (Wildman–Crippen MR) is 51.4 cm³/mol. The van der Waals surface area contributed by atoms with Crippen LogP contribution in [-0.4, -0.2) is 37.0 Å². The molecule has 0 N–H and O–H groups in total. The lowest BCUT2D eigenvalue weighted by Crippen LogP contribution is -2.23. The maximum atomic E-state index is 11.4. The van der Waals surface area contributed by atoms with Crippen molar-refractivity contribution >= 4 is 5.78 Å². The van der Waals surface area contributed by atoms with Crippen LogP contribution < -0.4 is 0 Å². The van der Waals surface area contributed by atoms with Gasteiger partial charge in [0.2, 0.25) is 0 Å². The Hall–Kier alpha value is -0.830. The average molecular weight is 183 g/mol. The Balaban J connectivity index is 2.61. The highest BCUT2D eigenvalue weighted by Gasteiger charge is 2.15. The smallest absolute Gasteiger partial charge is 0.164 e. The number of ketones is 1. The summed E-state index contributed by atoms with van der Waals surface area (Å²) in [5.74, 6) is 0.234. The summed E-state index contributed by atoms with van der Waals surface area (Å²) in [5, 5.41) is 0. The normalized spacial score (nSPS) is 20.8. The van der Waals surface area contributed by atoms with E-state index in [0.717, 1.165) is 18.7 Å². The van der Waals surface area contributed by atoms with Gasteiger partial charge >= 0.3 is 0 Å². The first-order chi connectivity index (χ1) is 6.27. The fourth-order valence-corrected chi connectivity index (χ4v) is 1.32. The van der Waals surface area contributed by atoms with Crippen LogP contribution in [0.5, 0.6) is 0 Å². The lowest BCUT2D eigenvalue weighted by Gasteiger charge is -2.20. The van der Waals surface area contributed by atoms with E-state index in [-0.39, 0.29) is 5.78 Å². The predicted octanol–water partition coefficient (Wildman–Crippen LogP) is 1.20. The molecule has 0 amide bonds. The molecule has 3 heteroatoms. The van der Waals surface area contributed by atoms with E-state index >= 15 is 0 Å². The monoisotopic (exact) mass is 183 g/mol. The first-order valence-electron chi connectivity index (χ1n) is 4.83. The Morgan fingerprint density at radius 2 is 2.15 bits per heavy atom. The summed E-state index contributed by atoms with van der Waals surface area (Å²) < 4.78 is 5.23. The van der Waals surface area contributed by atoms with Crippen molar-refractivity contribution < 1.29 is 9.53 Å². The van der Waals surface area contributed by atoms with Crippen molar-refractivity contribution in [3.05, 3.63) is 11.8 Å². The van der Waals surface area contributed by atoms with Crippen LogP contribution in [0.2, 0.25) is 0 Å². The second kappa shape index (κ2) is 5.02. The molecule has 1 saturated heterocycles. The van der Waals surface area contributed by atoms with Gasteiger partial charge in [-0.3, -0.25) is 4.79 Å². The fourth-order valence-electron chi connectivity index (χ4n) is 1.32. The summed E-state index contributed by atoms with van der Waals surface area (Å²) in [6, 6.07) is 0. The number of ether oxygens (including phenoxy) is 1. The van der Waals surface area contributed by atoms with Gasteiger partial charge in [0.15, 0.2) is 5.78 Å². The molecule has 0 aromatic carbocycles. The van der Waals surface area contributed by atoms with Gasteiger partial charge in [-0.15, -0.1) is 0 Å². The van der Waals surface area contributed by atoms with Crippen molar-refractivity contribution in [3.8, 4) is 0 Å². The van der Waals surface area contributed by atoms with Crippen molar-refractivity contribution in [2.75, 3.05) is 26.3 Å². The Bertz CT molecular complexity index is 207. The van der Waals surface area contributed by atoms with Gasteiger partial charge in [-0.25, -0.2) is 0 Å². The SMILES string of the molecule is CCN(/C=C1\COCCC1=O)CC. The molecular formula is C10H17NO2. The minimum Gasteiger partial charge on any atom is -0.378 e. The van der Waals surface area contributed by atoms with E-state index in [1.54, 1.807) is 0 Å². The van der Waals surface area contributed by atoms with Gasteiger partial charge in [0, 0.05) is 31.3 Å². The molecule has 1 fully saturated rings. The molecule has 0 unspecified atom stereocenters. The third-order valence-electron chi connectivity index (χ3n) is 2.24. The number of hydrogen-bond acceptors (Lipinski definition) is 3. The highest BCUT2D eigenvalue weighted by atomic mass is 16.5. The van der Waals surface area contributed by atoms with Crippen LogP contribution >= 0.6 is 0 Å². The second-order valence-electron chi connectivity index (χ2n) is 3.10. The third-order valence-corrected chi connectivity index (χ3v) is 2.24. The number of Topliss-reactive ketones (excluding diaryl/α,β-unsaturated/α-hetero) is 1. The van der Waals surface area contributed by atoms with Gasteiger partial charge in [-0.1, -0.05) is 0 Å². The number of nitrogens with zero attached hydrogens (tertiary/aromatic N) is 1. The molecule has 3 nitrogen and oxygen atoms in total. The molecule has 1 heterocycles. The molecule has 0 aromatic heterocycles. The van der Waals surface area contributed by atoms with Crippen molar-refractivity contribution in [2.45, 2.75) is 20.3 Å². The minimum atomic E-state index is 0.234. The summed E-state index contributed by atoms with van der Waals surface area (Å²) in [6.45, 7) is 7.09. The first kappa shape index (κ1) is 10.3. The quantitative estimate of drug-likeness (QED) is 0.616. The molecule has 0 bridgehead atoms. The van der Waals surface area contributed by atoms with Gasteiger partial charge in [-0.2, -0.15) is 0 Å². The van der Waals surface area contributed by atoms with Crippen LogP contribution in [0.3, 0.4) is 0 Å². The zero-order valence-corrected chi connectivity index (χ0v) is 8.38. The van der Waals surface area contributed by atoms with Gasteiger partial charge in [0.25, 0.3) is 0 Å². The molecule has 0 aliphatic carbocycles. The molecule has 1 aliphatic rings. The van der Waals surface area contributed by atoms with Crippen molar-refractivity contribution in [1.82, 2.24) is 4.90 Å². The van der Waals surface area contributed by atoms with Crippen molar-refractivity contribution in [1.29, 1.82) is 0 Å². The third kappa shape index (κ3) is 2.84. The molecule has 1 rings (SSSR count). The molecule has 0 aromatic rings. The average Bonchev–Trinajstić information content (AvgIpc) is 2.17. The molecule has 1 aliphatic heterocycles. The summed E-state index contributed by atoms with van der Waals surface area (Å²) in [5.41, 5.74) is 0.815. The van der Waals surface area contributed by atoms with E-state index in [1.807, 2.05) is 6.20 Å². The van der Waals surface area contributed by atoms with Gasteiger partial charge < -0.3 is 9.64 Å². The Kier molecular flexibility index (Phi) is 3.96. The Labute approximate surface area is 79.4 Å². The van der Waals surface area contributed by atoms with E-state index in [9.17, 15) is 4.79 Å². The van der Waals surface area contributed by atoms with E-state index in [0.29, 0.717) is 19.6 Å². The number of hydrogen-bond donors (Lipinski definition) is 0. The second-order valence-corrected chi connectivity index (χ2v) is 3.10. The summed E-state index contributed by atoms with van der Waals surface area (Å²) in [7, 11) is 0. The van der Waals surface area contributed by atoms with Gasteiger partial charge in [0.05, 0.1) is 13.2 Å². The molecular weight excluding hydrogens is 166 g/mol. The molecule has 0 radical (unpaired) electrons. The van der Waals surface area contributed by atoms with Crippen molar-refractivity contribution in [3.63, 3.8) is 0 Å². The van der Waals surface area contributed by atoms with E-state index < -0.39 is 0 Å². The van der Waals surface area contributed by atoms with Crippen molar-refractivity contribution in [2.24, 2.45) is 0 Å². The van der Waals surface area contributed by atoms with Crippen LogP contribution in [0.1, 0.15) is 20.3 Å². The zero-order chi connectivity index (χ0) is 9.68. The fraction of sp³-hybridized carbons (Fsp3) is 0.700. The Morgan fingerprint density at radius 1 is 1.46 bits per heavy atom. The number of carbonyl (C=O) groups is 1. The van der Waals surface area contributed by atoms with Crippen LogP contribution in [0.15, 0.2) is 11.8 Å².